The molecule has 1 aliphatic rings. The normalized spacial score (nSPS) is 16.5. The number of esters is 1. The van der Waals surface area contributed by atoms with E-state index in [0.717, 1.165) is 18.7 Å². The summed E-state index contributed by atoms with van der Waals surface area (Å²) in [7, 11) is 0. The summed E-state index contributed by atoms with van der Waals surface area (Å²) >= 11 is 0. The van der Waals surface area contributed by atoms with Gasteiger partial charge < -0.3 is 20.1 Å². The van der Waals surface area contributed by atoms with E-state index in [-0.39, 0.29) is 18.2 Å². The van der Waals surface area contributed by atoms with Gasteiger partial charge in [0.25, 0.3) is 0 Å². The molecule has 1 aromatic rings. The van der Waals surface area contributed by atoms with Crippen LogP contribution in [-0.2, 0) is 16.0 Å². The molecule has 1 unspecified atom stereocenters. The summed E-state index contributed by atoms with van der Waals surface area (Å²) in [4.78, 5) is 16.1. The number of aliphatic imine (C=N–C) groups is 1. The molecule has 24 heavy (non-hydrogen) atoms. The molecular formula is C18H27N3O3. The van der Waals surface area contributed by atoms with Crippen molar-refractivity contribution in [3.05, 3.63) is 29.8 Å². The van der Waals surface area contributed by atoms with Gasteiger partial charge in [-0.05, 0) is 32.4 Å². The third-order valence-electron chi connectivity index (χ3n) is 3.50. The molecule has 0 bridgehead atoms. The number of para-hydroxylation sites is 1. The number of ether oxygens (including phenoxy) is 2. The van der Waals surface area contributed by atoms with E-state index < -0.39 is 0 Å². The summed E-state index contributed by atoms with van der Waals surface area (Å²) in [6.07, 6.45) is 1.16. The predicted octanol–water partition coefficient (Wildman–Crippen LogP) is 1.89. The highest BCUT2D eigenvalue weighted by Gasteiger charge is 2.21. The summed E-state index contributed by atoms with van der Waals surface area (Å²) < 4.78 is 11.0. The fraction of sp³-hybridized carbons (Fsp3) is 0.556. The number of carbonyl (C=O) groups is 1. The van der Waals surface area contributed by atoms with Gasteiger partial charge >= 0.3 is 5.97 Å². The fourth-order valence-corrected chi connectivity index (χ4v) is 2.50. The minimum atomic E-state index is -0.206. The van der Waals surface area contributed by atoms with Crippen LogP contribution in [0.4, 0.5) is 0 Å². The first kappa shape index (κ1) is 18.1. The Balaban J connectivity index is 1.78. The van der Waals surface area contributed by atoms with Crippen LogP contribution in [0.15, 0.2) is 29.3 Å². The quantitative estimate of drug-likeness (QED) is 0.453. The van der Waals surface area contributed by atoms with Crippen LogP contribution in [0, 0.1) is 0 Å². The fourth-order valence-electron chi connectivity index (χ4n) is 2.50. The third kappa shape index (κ3) is 5.76. The Kier molecular flexibility index (Phi) is 6.90. The average molecular weight is 333 g/mol. The van der Waals surface area contributed by atoms with Crippen LogP contribution >= 0.6 is 0 Å². The zero-order valence-electron chi connectivity index (χ0n) is 14.7. The molecule has 0 aliphatic carbocycles. The van der Waals surface area contributed by atoms with E-state index in [1.807, 2.05) is 39.0 Å². The van der Waals surface area contributed by atoms with Gasteiger partial charge in [-0.25, -0.2) is 4.99 Å². The van der Waals surface area contributed by atoms with Crippen molar-refractivity contribution in [1.29, 1.82) is 0 Å². The Morgan fingerprint density at radius 3 is 2.88 bits per heavy atom. The molecule has 1 aromatic carbocycles. The molecule has 0 saturated heterocycles. The van der Waals surface area contributed by atoms with Crippen LogP contribution in [0.25, 0.3) is 0 Å². The van der Waals surface area contributed by atoms with Crippen molar-refractivity contribution in [2.75, 3.05) is 19.6 Å². The lowest BCUT2D eigenvalue weighted by Crippen LogP contribution is -2.39. The lowest BCUT2D eigenvalue weighted by Gasteiger charge is -2.13. The van der Waals surface area contributed by atoms with Gasteiger partial charge in [0, 0.05) is 19.5 Å². The van der Waals surface area contributed by atoms with E-state index in [9.17, 15) is 4.79 Å². The van der Waals surface area contributed by atoms with Crippen molar-refractivity contribution in [2.24, 2.45) is 4.99 Å². The zero-order valence-corrected chi connectivity index (χ0v) is 14.7. The SMILES string of the molecule is CCNC(=NCC1Cc2ccccc2O1)NCCC(=O)OC(C)C. The second-order valence-corrected chi connectivity index (χ2v) is 5.99. The Morgan fingerprint density at radius 1 is 1.38 bits per heavy atom. The molecule has 132 valence electrons. The van der Waals surface area contributed by atoms with E-state index in [4.69, 9.17) is 9.47 Å². The van der Waals surface area contributed by atoms with Crippen LogP contribution in [-0.4, -0.2) is 43.8 Å². The van der Waals surface area contributed by atoms with Crippen LogP contribution in [0.1, 0.15) is 32.8 Å². The lowest BCUT2D eigenvalue weighted by molar-refractivity contribution is -0.147. The number of carbonyl (C=O) groups excluding carboxylic acids is 1. The highest BCUT2D eigenvalue weighted by Crippen LogP contribution is 2.28. The molecule has 1 heterocycles. The van der Waals surface area contributed by atoms with Crippen LogP contribution in [0.5, 0.6) is 5.75 Å². The smallest absolute Gasteiger partial charge is 0.307 e. The summed E-state index contributed by atoms with van der Waals surface area (Å²) in [5.41, 5.74) is 1.23. The molecule has 0 fully saturated rings. The molecule has 2 N–H and O–H groups in total. The van der Waals surface area contributed by atoms with E-state index in [1.54, 1.807) is 0 Å². The highest BCUT2D eigenvalue weighted by atomic mass is 16.5. The maximum Gasteiger partial charge on any atom is 0.307 e. The average Bonchev–Trinajstić information content (AvgIpc) is 2.94. The summed E-state index contributed by atoms with van der Waals surface area (Å²) in [6.45, 7) is 7.51. The second kappa shape index (κ2) is 9.15. The Bertz CT molecular complexity index is 547. The minimum absolute atomic E-state index is 0.0590. The van der Waals surface area contributed by atoms with Crippen LogP contribution in [0.2, 0.25) is 0 Å². The summed E-state index contributed by atoms with van der Waals surface area (Å²) in [5.74, 6) is 1.43. The van der Waals surface area contributed by atoms with Crippen LogP contribution in [0.3, 0.4) is 0 Å². The molecule has 6 nitrogen and oxygen atoms in total. The lowest BCUT2D eigenvalue weighted by atomic mass is 10.1. The molecule has 0 amide bonds. The number of fused-ring (bicyclic) bond motifs is 1. The maximum atomic E-state index is 11.5. The molecule has 0 spiro atoms. The van der Waals surface area contributed by atoms with Crippen molar-refractivity contribution in [2.45, 2.75) is 45.8 Å². The van der Waals surface area contributed by atoms with Gasteiger partial charge in [0.1, 0.15) is 11.9 Å². The number of hydrogen-bond donors (Lipinski definition) is 2. The number of guanidine groups is 1. The van der Waals surface area contributed by atoms with Crippen molar-refractivity contribution in [3.8, 4) is 5.75 Å². The monoisotopic (exact) mass is 333 g/mol. The number of nitrogens with zero attached hydrogens (tertiary/aromatic N) is 1. The summed E-state index contributed by atoms with van der Waals surface area (Å²) in [5, 5.41) is 6.33. The van der Waals surface area contributed by atoms with E-state index in [0.29, 0.717) is 25.5 Å². The van der Waals surface area contributed by atoms with Gasteiger partial charge in [0.15, 0.2) is 5.96 Å². The number of rotatable bonds is 7. The Labute approximate surface area is 143 Å². The predicted molar refractivity (Wildman–Crippen MR) is 94.4 cm³/mol. The first-order valence-electron chi connectivity index (χ1n) is 8.54. The van der Waals surface area contributed by atoms with Gasteiger partial charge in [-0.15, -0.1) is 0 Å². The molecule has 0 saturated carbocycles. The molecule has 1 aliphatic heterocycles. The molecular weight excluding hydrogens is 306 g/mol. The first-order chi connectivity index (χ1) is 11.6. The van der Waals surface area contributed by atoms with Crippen molar-refractivity contribution in [1.82, 2.24) is 10.6 Å². The molecule has 2 rings (SSSR count). The molecule has 1 atom stereocenters. The first-order valence-corrected chi connectivity index (χ1v) is 8.54. The topological polar surface area (TPSA) is 72.0 Å². The van der Waals surface area contributed by atoms with Crippen molar-refractivity contribution in [3.63, 3.8) is 0 Å². The van der Waals surface area contributed by atoms with Gasteiger partial charge in [-0.3, -0.25) is 4.79 Å². The minimum Gasteiger partial charge on any atom is -0.488 e. The molecule has 0 radical (unpaired) electrons. The number of hydrogen-bond acceptors (Lipinski definition) is 4. The van der Waals surface area contributed by atoms with E-state index >= 15 is 0 Å². The Morgan fingerprint density at radius 2 is 2.17 bits per heavy atom. The van der Waals surface area contributed by atoms with Gasteiger partial charge in [-0.2, -0.15) is 0 Å². The zero-order chi connectivity index (χ0) is 17.4. The largest absolute Gasteiger partial charge is 0.488 e. The Hall–Kier alpha value is -2.24. The van der Waals surface area contributed by atoms with Crippen LogP contribution < -0.4 is 15.4 Å². The van der Waals surface area contributed by atoms with Crippen molar-refractivity contribution < 1.29 is 14.3 Å². The number of nitrogens with one attached hydrogen (secondary N) is 2. The summed E-state index contributed by atoms with van der Waals surface area (Å²) in [6, 6.07) is 8.08. The highest BCUT2D eigenvalue weighted by molar-refractivity contribution is 5.80. The van der Waals surface area contributed by atoms with Gasteiger partial charge in [0.2, 0.25) is 0 Å². The third-order valence-corrected chi connectivity index (χ3v) is 3.50. The van der Waals surface area contributed by atoms with E-state index in [1.165, 1.54) is 5.56 Å². The van der Waals surface area contributed by atoms with E-state index in [2.05, 4.69) is 21.7 Å². The molecule has 0 aromatic heterocycles. The molecule has 6 heteroatoms. The maximum absolute atomic E-state index is 11.5. The second-order valence-electron chi connectivity index (χ2n) is 5.99. The standard InChI is InChI=1S/C18H27N3O3/c1-4-19-18(20-10-9-17(22)23-13(2)3)21-12-15-11-14-7-5-6-8-16(14)24-15/h5-8,13,15H,4,9-12H2,1-3H3,(H2,19,20,21). The van der Waals surface area contributed by atoms with Gasteiger partial charge in [0.05, 0.1) is 19.1 Å². The number of benzene rings is 1. The van der Waals surface area contributed by atoms with Gasteiger partial charge in [-0.1, -0.05) is 18.2 Å². The van der Waals surface area contributed by atoms with Crippen molar-refractivity contribution >= 4 is 11.9 Å².